The predicted molar refractivity (Wildman–Crippen MR) is 190 cm³/mol. The molecule has 1 aromatic heterocycles. The van der Waals surface area contributed by atoms with Crippen LogP contribution in [0.4, 0.5) is 0 Å². The summed E-state index contributed by atoms with van der Waals surface area (Å²) >= 11 is 0. The molecule has 0 fully saturated rings. The summed E-state index contributed by atoms with van der Waals surface area (Å²) < 4.78 is 121. The SMILES string of the molecule is [2H]c1c([2H])c([2H])c(-c2c3c([2H])c([2H])c([2H])c([2H])c3c(-c3ccc(-c4cccc5oc6cccc(-c7ccccc7)c6c45)cc3)c3c([2H])c([2H])c([2H])c([2H])c23)c([2H])c1[2H]. The zero-order valence-corrected chi connectivity index (χ0v) is 23.6. The van der Waals surface area contributed by atoms with E-state index in [9.17, 15) is 2.74 Å². The summed E-state index contributed by atoms with van der Waals surface area (Å²) in [5.74, 6) is 0. The lowest BCUT2D eigenvalue weighted by atomic mass is 9.85. The van der Waals surface area contributed by atoms with Gasteiger partial charge >= 0.3 is 0 Å². The number of benzene rings is 8. The van der Waals surface area contributed by atoms with E-state index in [0.29, 0.717) is 16.7 Å². The van der Waals surface area contributed by atoms with Crippen LogP contribution in [-0.2, 0) is 0 Å². The summed E-state index contributed by atoms with van der Waals surface area (Å²) in [5.41, 5.74) is 4.67. The highest BCUT2D eigenvalue weighted by atomic mass is 16.3. The molecular weight excluding hydrogens is 544 g/mol. The molecule has 210 valence electrons. The molecule has 0 N–H and O–H groups in total. The second kappa shape index (κ2) is 10.4. The van der Waals surface area contributed by atoms with Crippen LogP contribution in [-0.4, -0.2) is 0 Å². The first-order valence-electron chi connectivity index (χ1n) is 20.9. The van der Waals surface area contributed by atoms with Crippen LogP contribution in [0.2, 0.25) is 0 Å². The van der Waals surface area contributed by atoms with Gasteiger partial charge in [-0.05, 0) is 78.2 Å². The minimum Gasteiger partial charge on any atom is -0.456 e. The lowest BCUT2D eigenvalue weighted by Crippen LogP contribution is -1.90. The summed E-state index contributed by atoms with van der Waals surface area (Å²) in [6, 6.07) is 20.4. The largest absolute Gasteiger partial charge is 0.456 e. The Morgan fingerprint density at radius 1 is 0.356 bits per heavy atom. The third-order valence-electron chi connectivity index (χ3n) is 8.22. The van der Waals surface area contributed by atoms with Crippen molar-refractivity contribution < 1.29 is 22.2 Å². The molecule has 1 nitrogen and oxygen atoms in total. The van der Waals surface area contributed by atoms with E-state index in [1.165, 1.54) is 0 Å². The third kappa shape index (κ3) is 4.09. The van der Waals surface area contributed by atoms with Gasteiger partial charge in [-0.25, -0.2) is 0 Å². The number of rotatable bonds is 4. The molecule has 0 spiro atoms. The number of fused-ring (bicyclic) bond motifs is 5. The van der Waals surface area contributed by atoms with Gasteiger partial charge in [-0.2, -0.15) is 0 Å². The molecular formula is C44H28O. The molecule has 0 atom stereocenters. The van der Waals surface area contributed by atoms with E-state index < -0.39 is 84.1 Å². The minimum absolute atomic E-state index is 0.0741. The molecule has 0 aliphatic heterocycles. The van der Waals surface area contributed by atoms with Gasteiger partial charge in [0.2, 0.25) is 0 Å². The average molecular weight is 586 g/mol. The van der Waals surface area contributed by atoms with Gasteiger partial charge in [-0.1, -0.05) is 157 Å². The van der Waals surface area contributed by atoms with E-state index in [0.717, 1.165) is 33.0 Å². The molecule has 0 aliphatic rings. The average Bonchev–Trinajstić information content (AvgIpc) is 3.64. The quantitative estimate of drug-likeness (QED) is 0.187. The summed E-state index contributed by atoms with van der Waals surface area (Å²) in [6.07, 6.45) is 0. The summed E-state index contributed by atoms with van der Waals surface area (Å²) in [6.45, 7) is 0. The molecule has 0 saturated heterocycles. The fourth-order valence-electron chi connectivity index (χ4n) is 6.32. The molecule has 0 unspecified atom stereocenters. The van der Waals surface area contributed by atoms with Gasteiger partial charge in [-0.15, -0.1) is 0 Å². The Hall–Kier alpha value is -5.92. The van der Waals surface area contributed by atoms with Crippen LogP contribution in [0.1, 0.15) is 17.8 Å². The molecule has 8 aromatic carbocycles. The van der Waals surface area contributed by atoms with Crippen LogP contribution < -0.4 is 0 Å². The summed E-state index contributed by atoms with van der Waals surface area (Å²) in [4.78, 5) is 0. The van der Waals surface area contributed by atoms with E-state index in [4.69, 9.17) is 19.5 Å². The highest BCUT2D eigenvalue weighted by molar-refractivity contribution is 6.22. The highest BCUT2D eigenvalue weighted by Crippen LogP contribution is 2.45. The normalized spacial score (nSPS) is 15.6. The van der Waals surface area contributed by atoms with Crippen molar-refractivity contribution in [3.8, 4) is 44.5 Å². The maximum Gasteiger partial charge on any atom is 0.136 e. The van der Waals surface area contributed by atoms with Crippen LogP contribution in [0.5, 0.6) is 0 Å². The van der Waals surface area contributed by atoms with E-state index in [1.807, 2.05) is 78.9 Å². The van der Waals surface area contributed by atoms with Crippen molar-refractivity contribution in [2.24, 2.45) is 0 Å². The van der Waals surface area contributed by atoms with Crippen molar-refractivity contribution in [3.05, 3.63) is 170 Å². The number of hydrogen-bond donors (Lipinski definition) is 0. The predicted octanol–water partition coefficient (Wildman–Crippen LogP) is 12.6. The highest BCUT2D eigenvalue weighted by Gasteiger charge is 2.18. The molecule has 0 aliphatic carbocycles. The molecule has 1 heteroatoms. The van der Waals surface area contributed by atoms with Crippen molar-refractivity contribution in [3.63, 3.8) is 0 Å². The smallest absolute Gasteiger partial charge is 0.136 e. The molecule has 1 heterocycles. The minimum atomic E-state index is -0.713. The van der Waals surface area contributed by atoms with E-state index in [2.05, 4.69) is 0 Å². The zero-order chi connectivity index (χ0) is 41.1. The first-order valence-corrected chi connectivity index (χ1v) is 14.4. The van der Waals surface area contributed by atoms with Gasteiger partial charge in [-0.3, -0.25) is 0 Å². The Bertz CT molecular complexity index is 3140. The third-order valence-corrected chi connectivity index (χ3v) is 8.22. The van der Waals surface area contributed by atoms with Gasteiger partial charge in [0.25, 0.3) is 0 Å². The van der Waals surface area contributed by atoms with Crippen molar-refractivity contribution in [1.29, 1.82) is 0 Å². The Morgan fingerprint density at radius 3 is 1.33 bits per heavy atom. The second-order valence-corrected chi connectivity index (χ2v) is 10.7. The lowest BCUT2D eigenvalue weighted by molar-refractivity contribution is 0.669. The summed E-state index contributed by atoms with van der Waals surface area (Å²) in [5, 5.41) is 1.05. The van der Waals surface area contributed by atoms with Crippen molar-refractivity contribution in [2.45, 2.75) is 0 Å². The topological polar surface area (TPSA) is 13.1 Å². The van der Waals surface area contributed by atoms with Crippen LogP contribution in [0.15, 0.2) is 174 Å². The van der Waals surface area contributed by atoms with Gasteiger partial charge in [0.1, 0.15) is 11.2 Å². The van der Waals surface area contributed by atoms with E-state index in [1.54, 1.807) is 12.1 Å². The second-order valence-electron chi connectivity index (χ2n) is 10.7. The summed E-state index contributed by atoms with van der Waals surface area (Å²) in [7, 11) is 0. The Balaban J connectivity index is 1.40. The van der Waals surface area contributed by atoms with Crippen LogP contribution in [0.25, 0.3) is 88.0 Å². The van der Waals surface area contributed by atoms with Gasteiger partial charge in [0.15, 0.2) is 0 Å². The van der Waals surface area contributed by atoms with Gasteiger partial charge in [0, 0.05) is 10.8 Å². The molecule has 45 heavy (non-hydrogen) atoms. The maximum atomic E-state index is 9.22. The van der Waals surface area contributed by atoms with Crippen LogP contribution in [0, 0.1) is 0 Å². The first-order chi connectivity index (χ1) is 27.7. The Kier molecular flexibility index (Phi) is 3.62. The molecule has 0 amide bonds. The molecule has 0 radical (unpaired) electrons. The maximum absolute atomic E-state index is 9.22. The first kappa shape index (κ1) is 15.7. The van der Waals surface area contributed by atoms with E-state index in [-0.39, 0.29) is 32.7 Å². The molecule has 9 aromatic rings. The number of hydrogen-bond acceptors (Lipinski definition) is 1. The number of furan rings is 1. The molecule has 9 rings (SSSR count). The van der Waals surface area contributed by atoms with Gasteiger partial charge in [0.05, 0.1) is 17.8 Å². The molecule has 0 bridgehead atoms. The van der Waals surface area contributed by atoms with Crippen LogP contribution >= 0.6 is 0 Å². The monoisotopic (exact) mass is 585 g/mol. The standard InChI is InChI=1S/C44H28O/c1-3-13-29(14-4-1)33-21-11-23-39-43(33)44-34(22-12-24-40(44)45-39)30-25-27-32(28-26-30)42-37-19-9-7-17-35(37)41(31-15-5-2-6-16-31)36-18-8-10-20-38(36)42/h1-28H/i2D,5D,6D,7D,8D,9D,10D,15D,16D,17D,18D,19D,20D. The van der Waals surface area contributed by atoms with Crippen molar-refractivity contribution >= 4 is 43.5 Å². The Labute approximate surface area is 279 Å². The van der Waals surface area contributed by atoms with Crippen molar-refractivity contribution in [2.75, 3.05) is 0 Å². The van der Waals surface area contributed by atoms with Crippen LogP contribution in [0.3, 0.4) is 0 Å². The fourth-order valence-corrected chi connectivity index (χ4v) is 6.32. The molecule has 0 saturated carbocycles. The van der Waals surface area contributed by atoms with Crippen molar-refractivity contribution in [1.82, 2.24) is 0 Å². The van der Waals surface area contributed by atoms with Gasteiger partial charge < -0.3 is 4.42 Å². The fraction of sp³-hybridized carbons (Fsp3) is 0. The van der Waals surface area contributed by atoms with E-state index >= 15 is 0 Å². The Morgan fingerprint density at radius 2 is 0.800 bits per heavy atom. The zero-order valence-electron chi connectivity index (χ0n) is 36.6. The lowest BCUT2D eigenvalue weighted by Gasteiger charge is -2.18.